The first-order valence-electron chi connectivity index (χ1n) is 3.57. The molecule has 0 fully saturated rings. The molecule has 6 heteroatoms. The van der Waals surface area contributed by atoms with Gasteiger partial charge >= 0.3 is 5.69 Å². The Bertz CT molecular complexity index is 306. The Balaban J connectivity index is 2.84. The smallest absolute Gasteiger partial charge is 0.300 e. The van der Waals surface area contributed by atoms with Crippen LogP contribution in [0.5, 0.6) is 0 Å². The summed E-state index contributed by atoms with van der Waals surface area (Å²) in [7, 11) is 0. The van der Waals surface area contributed by atoms with Crippen LogP contribution in [0.15, 0.2) is 23.4 Å². The Hall–Kier alpha value is -1.14. The molecule has 1 aromatic rings. The fourth-order valence-electron chi connectivity index (χ4n) is 0.788. The summed E-state index contributed by atoms with van der Waals surface area (Å²) in [6.07, 6.45) is 2.70. The molecule has 0 atom stereocenters. The summed E-state index contributed by atoms with van der Waals surface area (Å²) in [6, 6.07) is 1.57. The molecule has 1 aromatic heterocycles. The Morgan fingerprint density at radius 1 is 1.69 bits per heavy atom. The highest BCUT2D eigenvalue weighted by Gasteiger charge is 2.12. The topological polar surface area (TPSA) is 76.3 Å². The molecule has 0 radical (unpaired) electrons. The number of pyridine rings is 1. The zero-order valence-corrected chi connectivity index (χ0v) is 7.53. The van der Waals surface area contributed by atoms with Gasteiger partial charge in [-0.3, -0.25) is 15.1 Å². The molecule has 0 unspecified atom stereocenters. The molecule has 0 saturated carbocycles. The molecule has 13 heavy (non-hydrogen) atoms. The minimum atomic E-state index is -0.479. The third-order valence-corrected chi connectivity index (χ3v) is 2.35. The van der Waals surface area contributed by atoms with Crippen molar-refractivity contribution in [2.45, 2.75) is 4.90 Å². The minimum Gasteiger partial charge on any atom is -0.396 e. The lowest BCUT2D eigenvalue weighted by Gasteiger charge is -1.99. The third-order valence-electron chi connectivity index (χ3n) is 1.31. The lowest BCUT2D eigenvalue weighted by molar-refractivity contribution is -0.388. The Morgan fingerprint density at radius 3 is 3.08 bits per heavy atom. The molecule has 0 saturated heterocycles. The molecule has 1 rings (SSSR count). The van der Waals surface area contributed by atoms with Crippen LogP contribution >= 0.6 is 11.8 Å². The molecule has 0 amide bonds. The summed E-state index contributed by atoms with van der Waals surface area (Å²) in [5, 5.41) is 19.0. The van der Waals surface area contributed by atoms with Gasteiger partial charge in [-0.15, -0.1) is 11.8 Å². The van der Waals surface area contributed by atoms with Gasteiger partial charge in [-0.2, -0.15) is 0 Å². The van der Waals surface area contributed by atoms with Gasteiger partial charge in [0.25, 0.3) is 0 Å². The third kappa shape index (κ3) is 2.67. The van der Waals surface area contributed by atoms with E-state index in [1.54, 1.807) is 6.07 Å². The maximum absolute atomic E-state index is 10.5. The summed E-state index contributed by atoms with van der Waals surface area (Å²) < 4.78 is 0. The summed E-state index contributed by atoms with van der Waals surface area (Å²) >= 11 is 1.24. The van der Waals surface area contributed by atoms with Crippen LogP contribution in [0.1, 0.15) is 0 Å². The van der Waals surface area contributed by atoms with Crippen LogP contribution in [-0.2, 0) is 0 Å². The van der Waals surface area contributed by atoms with Gasteiger partial charge in [0, 0.05) is 11.9 Å². The van der Waals surface area contributed by atoms with E-state index in [0.717, 1.165) is 0 Å². The highest BCUT2D eigenvalue weighted by molar-refractivity contribution is 7.99. The first-order chi connectivity index (χ1) is 6.25. The van der Waals surface area contributed by atoms with Gasteiger partial charge in [0.15, 0.2) is 0 Å². The van der Waals surface area contributed by atoms with E-state index in [4.69, 9.17) is 5.11 Å². The monoisotopic (exact) mass is 200 g/mol. The first kappa shape index (κ1) is 9.94. The second kappa shape index (κ2) is 4.78. The molecule has 0 aromatic carbocycles. The van der Waals surface area contributed by atoms with E-state index in [-0.39, 0.29) is 12.3 Å². The van der Waals surface area contributed by atoms with Crippen molar-refractivity contribution in [1.82, 2.24) is 4.98 Å². The van der Waals surface area contributed by atoms with E-state index >= 15 is 0 Å². The average molecular weight is 200 g/mol. The van der Waals surface area contributed by atoms with Crippen LogP contribution in [0.3, 0.4) is 0 Å². The number of thioether (sulfide) groups is 1. The van der Waals surface area contributed by atoms with E-state index in [0.29, 0.717) is 10.6 Å². The summed E-state index contributed by atoms with van der Waals surface area (Å²) in [5.74, 6) is 0.449. The quantitative estimate of drug-likeness (QED) is 0.447. The van der Waals surface area contributed by atoms with Crippen molar-refractivity contribution in [3.05, 3.63) is 28.6 Å². The van der Waals surface area contributed by atoms with E-state index in [2.05, 4.69) is 4.98 Å². The fraction of sp³-hybridized carbons (Fsp3) is 0.286. The number of nitro groups is 1. The van der Waals surface area contributed by atoms with Gasteiger partial charge in [-0.25, -0.2) is 0 Å². The zero-order valence-electron chi connectivity index (χ0n) is 6.71. The van der Waals surface area contributed by atoms with E-state index < -0.39 is 4.92 Å². The van der Waals surface area contributed by atoms with Crippen LogP contribution in [0.2, 0.25) is 0 Å². The molecular formula is C7H8N2O3S. The molecule has 0 bridgehead atoms. The Kier molecular flexibility index (Phi) is 3.66. The minimum absolute atomic E-state index is 0.00411. The predicted molar refractivity (Wildman–Crippen MR) is 48.7 cm³/mol. The summed E-state index contributed by atoms with van der Waals surface area (Å²) in [5.41, 5.74) is -0.0130. The number of hydrogen-bond donors (Lipinski definition) is 1. The lowest BCUT2D eigenvalue weighted by atomic mass is 10.4. The molecule has 5 nitrogen and oxygen atoms in total. The number of aliphatic hydroxyl groups excluding tert-OH is 1. The average Bonchev–Trinajstić information content (AvgIpc) is 2.15. The van der Waals surface area contributed by atoms with Gasteiger partial charge in [-0.05, 0) is 6.07 Å². The van der Waals surface area contributed by atoms with Crippen LogP contribution in [0, 0.1) is 10.1 Å². The van der Waals surface area contributed by atoms with Crippen molar-refractivity contribution in [3.63, 3.8) is 0 Å². The molecule has 0 aliphatic rings. The fourth-order valence-corrected chi connectivity index (χ4v) is 1.53. The van der Waals surface area contributed by atoms with Crippen molar-refractivity contribution in [3.8, 4) is 0 Å². The van der Waals surface area contributed by atoms with Crippen molar-refractivity contribution in [2.24, 2.45) is 0 Å². The van der Waals surface area contributed by atoms with Crippen molar-refractivity contribution in [1.29, 1.82) is 0 Å². The molecule has 0 spiro atoms. The normalized spacial score (nSPS) is 9.92. The highest BCUT2D eigenvalue weighted by atomic mass is 32.2. The standard InChI is InChI=1S/C7H8N2O3S/c10-3-4-13-7-1-2-8-5-6(7)9(11)12/h1-2,5,10H,3-4H2. The molecule has 0 aliphatic carbocycles. The summed E-state index contributed by atoms with van der Waals surface area (Å²) in [6.45, 7) is 0.00411. The second-order valence-electron chi connectivity index (χ2n) is 2.17. The van der Waals surface area contributed by atoms with Crippen molar-refractivity contribution >= 4 is 17.4 Å². The van der Waals surface area contributed by atoms with Crippen LogP contribution in [0.25, 0.3) is 0 Å². The number of hydrogen-bond acceptors (Lipinski definition) is 5. The van der Waals surface area contributed by atoms with E-state index in [1.807, 2.05) is 0 Å². The second-order valence-corrected chi connectivity index (χ2v) is 3.31. The largest absolute Gasteiger partial charge is 0.396 e. The van der Waals surface area contributed by atoms with Gasteiger partial charge in [0.2, 0.25) is 0 Å². The molecule has 0 aliphatic heterocycles. The molecule has 70 valence electrons. The number of aromatic nitrogens is 1. The Labute approximate surface area is 79.0 Å². The highest BCUT2D eigenvalue weighted by Crippen LogP contribution is 2.26. The predicted octanol–water partition coefficient (Wildman–Crippen LogP) is 1.07. The number of rotatable bonds is 4. The van der Waals surface area contributed by atoms with Crippen LogP contribution < -0.4 is 0 Å². The van der Waals surface area contributed by atoms with Gasteiger partial charge < -0.3 is 5.11 Å². The maximum Gasteiger partial charge on any atom is 0.300 e. The molecule has 1 N–H and O–H groups in total. The first-order valence-corrected chi connectivity index (χ1v) is 4.56. The maximum atomic E-state index is 10.5. The van der Waals surface area contributed by atoms with Crippen LogP contribution in [-0.4, -0.2) is 27.4 Å². The van der Waals surface area contributed by atoms with E-state index in [1.165, 1.54) is 24.2 Å². The number of nitrogens with zero attached hydrogens (tertiary/aromatic N) is 2. The molecular weight excluding hydrogens is 192 g/mol. The zero-order chi connectivity index (χ0) is 9.68. The lowest BCUT2D eigenvalue weighted by Crippen LogP contribution is -1.93. The molecule has 1 heterocycles. The van der Waals surface area contributed by atoms with Gasteiger partial charge in [0.1, 0.15) is 6.20 Å². The van der Waals surface area contributed by atoms with Crippen LogP contribution in [0.4, 0.5) is 5.69 Å². The SMILES string of the molecule is O=[N+]([O-])c1cnccc1SCCO. The van der Waals surface area contributed by atoms with Crippen molar-refractivity contribution in [2.75, 3.05) is 12.4 Å². The van der Waals surface area contributed by atoms with Crippen molar-refractivity contribution < 1.29 is 10.0 Å². The van der Waals surface area contributed by atoms with E-state index in [9.17, 15) is 10.1 Å². The van der Waals surface area contributed by atoms with Gasteiger partial charge in [-0.1, -0.05) is 0 Å². The Morgan fingerprint density at radius 2 is 2.46 bits per heavy atom. The number of aliphatic hydroxyl groups is 1. The van der Waals surface area contributed by atoms with Gasteiger partial charge in [0.05, 0.1) is 16.4 Å². The summed E-state index contributed by atoms with van der Waals surface area (Å²) in [4.78, 5) is 14.2.